The number of likely N-dealkylation sites (N-methyl/N-ethyl adjacent to an activating group) is 1. The molecule has 108 valence electrons. The number of hydrogen-bond acceptors (Lipinski definition) is 2. The fraction of sp³-hybridized carbons (Fsp3) is 0.385. The molecule has 0 bridgehead atoms. The Balaban J connectivity index is 2.07. The molecule has 0 radical (unpaired) electrons. The summed E-state index contributed by atoms with van der Waals surface area (Å²) in [6, 6.07) is 2.19. The third kappa shape index (κ3) is 3.53. The second-order valence-corrected chi connectivity index (χ2v) is 5.66. The van der Waals surface area contributed by atoms with E-state index < -0.39 is 23.1 Å². The Morgan fingerprint density at radius 1 is 1.35 bits per heavy atom. The van der Waals surface area contributed by atoms with Gasteiger partial charge in [0, 0.05) is 17.6 Å². The minimum Gasteiger partial charge on any atom is -0.352 e. The van der Waals surface area contributed by atoms with Crippen LogP contribution in [0.1, 0.15) is 23.2 Å². The van der Waals surface area contributed by atoms with Gasteiger partial charge in [0.2, 0.25) is 5.91 Å². The van der Waals surface area contributed by atoms with Crippen LogP contribution in [-0.2, 0) is 4.79 Å². The van der Waals surface area contributed by atoms with Gasteiger partial charge in [-0.1, -0.05) is 15.9 Å². The van der Waals surface area contributed by atoms with E-state index in [1.54, 1.807) is 0 Å². The zero-order valence-electron chi connectivity index (χ0n) is 10.8. The van der Waals surface area contributed by atoms with Crippen LogP contribution in [-0.4, -0.2) is 36.3 Å². The van der Waals surface area contributed by atoms with Crippen molar-refractivity contribution in [2.45, 2.75) is 18.9 Å². The van der Waals surface area contributed by atoms with Crippen LogP contribution in [0.5, 0.6) is 0 Å². The highest BCUT2D eigenvalue weighted by Gasteiger charge is 2.26. The Hall–Kier alpha value is -1.50. The standard InChI is InChI=1S/C13H13BrF2N2O2/c1-18(6-11(19)17-8-2-3-8)13(20)12-9(15)4-7(14)5-10(12)16/h4-5,8H,2-3,6H2,1H3,(H,17,19). The van der Waals surface area contributed by atoms with Crippen molar-refractivity contribution in [2.24, 2.45) is 0 Å². The summed E-state index contributed by atoms with van der Waals surface area (Å²) in [5, 5.41) is 2.70. The number of rotatable bonds is 4. The fourth-order valence-corrected chi connectivity index (χ4v) is 2.13. The highest BCUT2D eigenvalue weighted by molar-refractivity contribution is 9.10. The van der Waals surface area contributed by atoms with E-state index in [4.69, 9.17) is 0 Å². The highest BCUT2D eigenvalue weighted by atomic mass is 79.9. The SMILES string of the molecule is CN(CC(=O)NC1CC1)C(=O)c1c(F)cc(Br)cc1F. The first-order valence-electron chi connectivity index (χ1n) is 6.08. The van der Waals surface area contributed by atoms with Crippen LogP contribution in [0.2, 0.25) is 0 Å². The van der Waals surface area contributed by atoms with Crippen LogP contribution < -0.4 is 5.32 Å². The first-order chi connectivity index (χ1) is 9.38. The predicted molar refractivity (Wildman–Crippen MR) is 72.2 cm³/mol. The predicted octanol–water partition coefficient (Wildman–Crippen LogP) is 2.08. The molecule has 0 unspecified atom stereocenters. The second kappa shape index (κ2) is 5.87. The maximum Gasteiger partial charge on any atom is 0.260 e. The van der Waals surface area contributed by atoms with Crippen molar-refractivity contribution in [3.63, 3.8) is 0 Å². The monoisotopic (exact) mass is 346 g/mol. The molecule has 1 saturated carbocycles. The first kappa shape index (κ1) is 14.9. The highest BCUT2D eigenvalue weighted by Crippen LogP contribution is 2.21. The summed E-state index contributed by atoms with van der Waals surface area (Å²) in [6.07, 6.45) is 1.86. The van der Waals surface area contributed by atoms with E-state index in [-0.39, 0.29) is 23.0 Å². The lowest BCUT2D eigenvalue weighted by atomic mass is 10.1. The van der Waals surface area contributed by atoms with E-state index in [1.165, 1.54) is 7.05 Å². The molecule has 20 heavy (non-hydrogen) atoms. The topological polar surface area (TPSA) is 49.4 Å². The minimum absolute atomic E-state index is 0.173. The second-order valence-electron chi connectivity index (χ2n) is 4.75. The summed E-state index contributed by atoms with van der Waals surface area (Å²) < 4.78 is 27.5. The normalized spacial score (nSPS) is 14.0. The third-order valence-electron chi connectivity index (χ3n) is 2.89. The summed E-state index contributed by atoms with van der Waals surface area (Å²) in [6.45, 7) is -0.232. The number of benzene rings is 1. The molecule has 4 nitrogen and oxygen atoms in total. The number of nitrogens with one attached hydrogen (secondary N) is 1. The Morgan fingerprint density at radius 3 is 2.40 bits per heavy atom. The molecule has 2 amide bonds. The molecule has 1 aliphatic carbocycles. The fourth-order valence-electron chi connectivity index (χ4n) is 1.73. The lowest BCUT2D eigenvalue weighted by Gasteiger charge is -2.17. The van der Waals surface area contributed by atoms with Gasteiger partial charge >= 0.3 is 0 Å². The molecule has 1 fully saturated rings. The van der Waals surface area contributed by atoms with Crippen LogP contribution in [0.4, 0.5) is 8.78 Å². The van der Waals surface area contributed by atoms with Gasteiger partial charge in [0.15, 0.2) is 0 Å². The summed E-state index contributed by atoms with van der Waals surface area (Å²) in [7, 11) is 1.33. The summed E-state index contributed by atoms with van der Waals surface area (Å²) in [5.74, 6) is -3.12. The maximum atomic E-state index is 13.7. The van der Waals surface area contributed by atoms with Crippen LogP contribution in [0.15, 0.2) is 16.6 Å². The van der Waals surface area contributed by atoms with Gasteiger partial charge in [-0.3, -0.25) is 9.59 Å². The molecule has 1 aromatic carbocycles. The molecule has 1 N–H and O–H groups in total. The average molecular weight is 347 g/mol. The molecule has 0 atom stereocenters. The van der Waals surface area contributed by atoms with E-state index >= 15 is 0 Å². The molecule has 0 aromatic heterocycles. The van der Waals surface area contributed by atoms with Crippen molar-refractivity contribution in [2.75, 3.05) is 13.6 Å². The number of nitrogens with zero attached hydrogens (tertiary/aromatic N) is 1. The molecule has 1 aliphatic rings. The zero-order valence-corrected chi connectivity index (χ0v) is 12.3. The van der Waals surface area contributed by atoms with Crippen LogP contribution in [0.3, 0.4) is 0 Å². The van der Waals surface area contributed by atoms with Crippen molar-refractivity contribution in [3.8, 4) is 0 Å². The van der Waals surface area contributed by atoms with E-state index in [0.717, 1.165) is 29.9 Å². The molecular weight excluding hydrogens is 334 g/mol. The largest absolute Gasteiger partial charge is 0.352 e. The maximum absolute atomic E-state index is 13.7. The summed E-state index contributed by atoms with van der Waals surface area (Å²) >= 11 is 2.94. The number of halogens is 3. The Labute approximate surface area is 123 Å². The van der Waals surface area contributed by atoms with Crippen LogP contribution >= 0.6 is 15.9 Å². The van der Waals surface area contributed by atoms with E-state index in [0.29, 0.717) is 0 Å². The molecule has 7 heteroatoms. The van der Waals surface area contributed by atoms with Crippen molar-refractivity contribution in [1.82, 2.24) is 10.2 Å². The Bertz CT molecular complexity index is 538. The van der Waals surface area contributed by atoms with Gasteiger partial charge in [-0.2, -0.15) is 0 Å². The molecule has 0 saturated heterocycles. The van der Waals surface area contributed by atoms with Crippen molar-refractivity contribution >= 4 is 27.7 Å². The number of amides is 2. The van der Waals surface area contributed by atoms with Gasteiger partial charge in [-0.05, 0) is 25.0 Å². The van der Waals surface area contributed by atoms with Gasteiger partial charge < -0.3 is 10.2 Å². The quantitative estimate of drug-likeness (QED) is 0.907. The summed E-state index contributed by atoms with van der Waals surface area (Å²) in [4.78, 5) is 24.5. The number of hydrogen-bond donors (Lipinski definition) is 1. The average Bonchev–Trinajstić information content (AvgIpc) is 3.10. The molecular formula is C13H13BrF2N2O2. The lowest BCUT2D eigenvalue weighted by Crippen LogP contribution is -2.39. The Kier molecular flexibility index (Phi) is 4.37. The van der Waals surface area contributed by atoms with Gasteiger partial charge in [0.1, 0.15) is 17.2 Å². The van der Waals surface area contributed by atoms with Crippen molar-refractivity contribution in [3.05, 3.63) is 33.8 Å². The smallest absolute Gasteiger partial charge is 0.260 e. The van der Waals surface area contributed by atoms with Gasteiger partial charge in [0.25, 0.3) is 5.91 Å². The van der Waals surface area contributed by atoms with E-state index in [9.17, 15) is 18.4 Å². The van der Waals surface area contributed by atoms with Gasteiger partial charge in [-0.15, -0.1) is 0 Å². The molecule has 0 spiro atoms. The molecule has 1 aromatic rings. The molecule has 2 rings (SSSR count). The minimum atomic E-state index is -0.962. The van der Waals surface area contributed by atoms with Crippen LogP contribution in [0, 0.1) is 11.6 Å². The van der Waals surface area contributed by atoms with Gasteiger partial charge in [-0.25, -0.2) is 8.78 Å². The Morgan fingerprint density at radius 2 is 1.90 bits per heavy atom. The molecule has 0 aliphatic heterocycles. The lowest BCUT2D eigenvalue weighted by molar-refractivity contribution is -0.121. The first-order valence-corrected chi connectivity index (χ1v) is 6.87. The van der Waals surface area contributed by atoms with Crippen molar-refractivity contribution in [1.29, 1.82) is 0 Å². The number of carbonyl (C=O) groups excluding carboxylic acids is 2. The van der Waals surface area contributed by atoms with Gasteiger partial charge in [0.05, 0.1) is 6.54 Å². The molecule has 0 heterocycles. The zero-order chi connectivity index (χ0) is 14.9. The van der Waals surface area contributed by atoms with E-state index in [1.807, 2.05) is 0 Å². The summed E-state index contributed by atoms with van der Waals surface area (Å²) in [5.41, 5.74) is -0.657. The third-order valence-corrected chi connectivity index (χ3v) is 3.35. The van der Waals surface area contributed by atoms with E-state index in [2.05, 4.69) is 21.2 Å². The van der Waals surface area contributed by atoms with Crippen molar-refractivity contribution < 1.29 is 18.4 Å². The number of carbonyl (C=O) groups is 2. The van der Waals surface area contributed by atoms with Crippen LogP contribution in [0.25, 0.3) is 0 Å².